The molecule has 0 atom stereocenters. The van der Waals surface area contributed by atoms with E-state index in [-0.39, 0.29) is 11.5 Å². The van der Waals surface area contributed by atoms with Gasteiger partial charge in [-0.25, -0.2) is 0 Å². The van der Waals surface area contributed by atoms with Crippen molar-refractivity contribution in [3.8, 4) is 23.8 Å². The van der Waals surface area contributed by atoms with Crippen LogP contribution in [0.15, 0.2) is 18.2 Å². The second-order valence-electron chi connectivity index (χ2n) is 1.85. The SMILES string of the molecule is C#Cc1ccc(O)cc1O. The van der Waals surface area contributed by atoms with Crippen LogP contribution in [-0.2, 0) is 0 Å². The van der Waals surface area contributed by atoms with E-state index in [1.807, 2.05) is 0 Å². The molecule has 1 aromatic carbocycles. The Kier molecular flexibility index (Phi) is 1.51. The van der Waals surface area contributed by atoms with Crippen molar-refractivity contribution < 1.29 is 10.2 Å². The van der Waals surface area contributed by atoms with Gasteiger partial charge in [-0.05, 0) is 12.1 Å². The highest BCUT2D eigenvalue weighted by molar-refractivity contribution is 5.47. The summed E-state index contributed by atoms with van der Waals surface area (Å²) in [4.78, 5) is 0. The molecule has 0 saturated carbocycles. The summed E-state index contributed by atoms with van der Waals surface area (Å²) in [5.41, 5.74) is 0.387. The molecule has 10 heavy (non-hydrogen) atoms. The van der Waals surface area contributed by atoms with Crippen LogP contribution in [0.2, 0.25) is 0 Å². The van der Waals surface area contributed by atoms with Crippen LogP contribution in [0.4, 0.5) is 0 Å². The van der Waals surface area contributed by atoms with E-state index in [9.17, 15) is 0 Å². The summed E-state index contributed by atoms with van der Waals surface area (Å²) < 4.78 is 0. The third kappa shape index (κ3) is 1.03. The van der Waals surface area contributed by atoms with E-state index in [4.69, 9.17) is 16.6 Å². The number of hydrogen-bond donors (Lipinski definition) is 2. The summed E-state index contributed by atoms with van der Waals surface area (Å²) in [6.07, 6.45) is 5.01. The van der Waals surface area contributed by atoms with Gasteiger partial charge in [0.25, 0.3) is 0 Å². The fourth-order valence-corrected chi connectivity index (χ4v) is 0.642. The number of phenols is 2. The van der Waals surface area contributed by atoms with Crippen LogP contribution in [0.3, 0.4) is 0 Å². The van der Waals surface area contributed by atoms with Crippen LogP contribution in [0, 0.1) is 12.3 Å². The molecule has 0 aromatic heterocycles. The minimum Gasteiger partial charge on any atom is -0.508 e. The zero-order chi connectivity index (χ0) is 7.56. The Balaban J connectivity index is 3.23. The van der Waals surface area contributed by atoms with Gasteiger partial charge in [-0.3, -0.25) is 0 Å². The molecule has 0 spiro atoms. The summed E-state index contributed by atoms with van der Waals surface area (Å²) in [6.45, 7) is 0. The Morgan fingerprint density at radius 2 is 2.00 bits per heavy atom. The van der Waals surface area contributed by atoms with Crippen molar-refractivity contribution in [3.05, 3.63) is 23.8 Å². The summed E-state index contributed by atoms with van der Waals surface area (Å²) in [5.74, 6) is 2.20. The van der Waals surface area contributed by atoms with Gasteiger partial charge in [0, 0.05) is 6.07 Å². The van der Waals surface area contributed by atoms with Crippen molar-refractivity contribution in [2.24, 2.45) is 0 Å². The Morgan fingerprint density at radius 3 is 2.50 bits per heavy atom. The fraction of sp³-hybridized carbons (Fsp3) is 0. The van der Waals surface area contributed by atoms with Crippen LogP contribution < -0.4 is 0 Å². The first-order valence-corrected chi connectivity index (χ1v) is 2.72. The quantitative estimate of drug-likeness (QED) is 0.521. The number of aromatic hydroxyl groups is 2. The average molecular weight is 134 g/mol. The van der Waals surface area contributed by atoms with Crippen molar-refractivity contribution in [1.29, 1.82) is 0 Å². The van der Waals surface area contributed by atoms with E-state index in [0.717, 1.165) is 0 Å². The number of benzene rings is 1. The van der Waals surface area contributed by atoms with Crippen LogP contribution in [0.1, 0.15) is 5.56 Å². The Morgan fingerprint density at radius 1 is 1.30 bits per heavy atom. The normalized spacial score (nSPS) is 8.70. The van der Waals surface area contributed by atoms with Crippen molar-refractivity contribution in [1.82, 2.24) is 0 Å². The second-order valence-corrected chi connectivity index (χ2v) is 1.85. The molecule has 0 aliphatic heterocycles. The molecule has 0 fully saturated rings. The zero-order valence-electron chi connectivity index (χ0n) is 5.20. The molecule has 0 amide bonds. The van der Waals surface area contributed by atoms with Gasteiger partial charge < -0.3 is 10.2 Å². The predicted molar refractivity (Wildman–Crippen MR) is 37.7 cm³/mol. The molecule has 0 aliphatic rings. The summed E-state index contributed by atoms with van der Waals surface area (Å²) in [7, 11) is 0. The second kappa shape index (κ2) is 2.32. The molecule has 0 radical (unpaired) electrons. The van der Waals surface area contributed by atoms with E-state index >= 15 is 0 Å². The van der Waals surface area contributed by atoms with Crippen LogP contribution in [-0.4, -0.2) is 10.2 Å². The lowest BCUT2D eigenvalue weighted by molar-refractivity contribution is 0.449. The summed E-state index contributed by atoms with van der Waals surface area (Å²) in [6, 6.07) is 4.11. The molecule has 1 aromatic rings. The minimum atomic E-state index is -0.0671. The molecule has 50 valence electrons. The number of rotatable bonds is 0. The molecular weight excluding hydrogens is 128 g/mol. The van der Waals surface area contributed by atoms with Gasteiger partial charge in [-0.1, -0.05) is 5.92 Å². The summed E-state index contributed by atoms with van der Waals surface area (Å²) >= 11 is 0. The van der Waals surface area contributed by atoms with Crippen molar-refractivity contribution >= 4 is 0 Å². The number of phenolic OH excluding ortho intramolecular Hbond substituents is 2. The van der Waals surface area contributed by atoms with Gasteiger partial charge >= 0.3 is 0 Å². The standard InChI is InChI=1S/C8H6O2/c1-2-6-3-4-7(9)5-8(6)10/h1,3-5,9-10H. The Hall–Kier alpha value is -1.62. The highest BCUT2D eigenvalue weighted by Gasteiger charge is 1.96. The largest absolute Gasteiger partial charge is 0.508 e. The molecule has 0 saturated heterocycles. The minimum absolute atomic E-state index is 0.0106. The highest BCUT2D eigenvalue weighted by Crippen LogP contribution is 2.20. The van der Waals surface area contributed by atoms with Gasteiger partial charge in [0.15, 0.2) is 0 Å². The molecular formula is C8H6O2. The Labute approximate surface area is 58.7 Å². The van der Waals surface area contributed by atoms with Gasteiger partial charge in [0.05, 0.1) is 5.56 Å². The monoisotopic (exact) mass is 134 g/mol. The first-order valence-electron chi connectivity index (χ1n) is 2.72. The van der Waals surface area contributed by atoms with Crippen LogP contribution in [0.25, 0.3) is 0 Å². The molecule has 2 heteroatoms. The number of hydrogen-bond acceptors (Lipinski definition) is 2. The van der Waals surface area contributed by atoms with Gasteiger partial charge in [-0.2, -0.15) is 0 Å². The lowest BCUT2D eigenvalue weighted by atomic mass is 10.2. The summed E-state index contributed by atoms with van der Waals surface area (Å²) in [5, 5.41) is 17.8. The fourth-order valence-electron chi connectivity index (χ4n) is 0.642. The lowest BCUT2D eigenvalue weighted by Gasteiger charge is -1.95. The highest BCUT2D eigenvalue weighted by atomic mass is 16.3. The smallest absolute Gasteiger partial charge is 0.134 e. The first-order chi connectivity index (χ1) is 4.74. The van der Waals surface area contributed by atoms with Crippen molar-refractivity contribution in [2.75, 3.05) is 0 Å². The van der Waals surface area contributed by atoms with E-state index in [2.05, 4.69) is 5.92 Å². The molecule has 2 N–H and O–H groups in total. The van der Waals surface area contributed by atoms with Crippen LogP contribution >= 0.6 is 0 Å². The average Bonchev–Trinajstić information content (AvgIpc) is 1.88. The number of terminal acetylenes is 1. The predicted octanol–water partition coefficient (Wildman–Crippen LogP) is 1.08. The first kappa shape index (κ1) is 6.50. The van der Waals surface area contributed by atoms with Gasteiger partial charge in [0.2, 0.25) is 0 Å². The molecule has 1 rings (SSSR count). The topological polar surface area (TPSA) is 40.5 Å². The molecule has 0 heterocycles. The van der Waals surface area contributed by atoms with E-state index < -0.39 is 0 Å². The van der Waals surface area contributed by atoms with Gasteiger partial charge in [0.1, 0.15) is 11.5 Å². The maximum atomic E-state index is 8.99. The van der Waals surface area contributed by atoms with E-state index in [0.29, 0.717) is 5.56 Å². The van der Waals surface area contributed by atoms with Crippen LogP contribution in [0.5, 0.6) is 11.5 Å². The van der Waals surface area contributed by atoms with Crippen molar-refractivity contribution in [2.45, 2.75) is 0 Å². The third-order valence-corrected chi connectivity index (χ3v) is 1.14. The molecule has 2 nitrogen and oxygen atoms in total. The molecule has 0 unspecified atom stereocenters. The Bertz CT molecular complexity index is 284. The molecule has 0 aliphatic carbocycles. The van der Waals surface area contributed by atoms with E-state index in [1.54, 1.807) is 0 Å². The maximum absolute atomic E-state index is 8.99. The maximum Gasteiger partial charge on any atom is 0.134 e. The molecule has 0 bridgehead atoms. The zero-order valence-corrected chi connectivity index (χ0v) is 5.20. The van der Waals surface area contributed by atoms with E-state index in [1.165, 1.54) is 18.2 Å². The third-order valence-electron chi connectivity index (χ3n) is 1.14. The van der Waals surface area contributed by atoms with Crippen molar-refractivity contribution in [3.63, 3.8) is 0 Å². The lowest BCUT2D eigenvalue weighted by Crippen LogP contribution is -1.73. The van der Waals surface area contributed by atoms with Gasteiger partial charge in [-0.15, -0.1) is 6.42 Å².